The van der Waals surface area contributed by atoms with Crippen LogP contribution in [0.15, 0.2) is 39.5 Å². The van der Waals surface area contributed by atoms with Gasteiger partial charge < -0.3 is 14.3 Å². The number of aliphatic hydroxyl groups is 1. The zero-order chi connectivity index (χ0) is 11.4. The van der Waals surface area contributed by atoms with Crippen LogP contribution in [0.2, 0.25) is 0 Å². The molecule has 84 valence electrons. The van der Waals surface area contributed by atoms with E-state index < -0.39 is 0 Å². The van der Waals surface area contributed by atoms with Crippen molar-refractivity contribution in [3.63, 3.8) is 0 Å². The summed E-state index contributed by atoms with van der Waals surface area (Å²) in [6.07, 6.45) is 0.580. The van der Waals surface area contributed by atoms with Crippen LogP contribution in [-0.2, 0) is 0 Å². The lowest BCUT2D eigenvalue weighted by Crippen LogP contribution is -2.00. The minimum Gasteiger partial charge on any atom is -0.493 e. The summed E-state index contributed by atoms with van der Waals surface area (Å²) in [4.78, 5) is 11.0. The molecule has 16 heavy (non-hydrogen) atoms. The third-order valence-corrected chi connectivity index (χ3v) is 2.17. The number of hydrogen-bond acceptors (Lipinski definition) is 4. The van der Waals surface area contributed by atoms with Gasteiger partial charge >= 0.3 is 5.63 Å². The number of rotatable bonds is 4. The SMILES string of the molecule is O=c1ccc2ccc(OCCCO)cc2o1. The molecule has 0 atom stereocenters. The Kier molecular flexibility index (Phi) is 3.22. The van der Waals surface area contributed by atoms with Crippen molar-refractivity contribution < 1.29 is 14.3 Å². The first-order valence-corrected chi connectivity index (χ1v) is 5.07. The summed E-state index contributed by atoms with van der Waals surface area (Å²) in [5.41, 5.74) is 0.133. The highest BCUT2D eigenvalue weighted by molar-refractivity contribution is 5.77. The third-order valence-electron chi connectivity index (χ3n) is 2.17. The second kappa shape index (κ2) is 4.81. The van der Waals surface area contributed by atoms with Gasteiger partial charge in [-0.25, -0.2) is 4.79 Å². The summed E-state index contributed by atoms with van der Waals surface area (Å²) in [6, 6.07) is 8.40. The lowest BCUT2D eigenvalue weighted by atomic mass is 10.2. The van der Waals surface area contributed by atoms with Gasteiger partial charge in [-0.3, -0.25) is 0 Å². The number of ether oxygens (including phenoxy) is 1. The van der Waals surface area contributed by atoms with Gasteiger partial charge in [-0.1, -0.05) is 0 Å². The highest BCUT2D eigenvalue weighted by Gasteiger charge is 2.00. The topological polar surface area (TPSA) is 59.7 Å². The minimum absolute atomic E-state index is 0.0999. The highest BCUT2D eigenvalue weighted by Crippen LogP contribution is 2.19. The van der Waals surface area contributed by atoms with Crippen LogP contribution in [-0.4, -0.2) is 18.3 Å². The summed E-state index contributed by atoms with van der Waals surface area (Å²) < 4.78 is 10.4. The third kappa shape index (κ3) is 2.41. The van der Waals surface area contributed by atoms with Crippen LogP contribution in [0.4, 0.5) is 0 Å². The van der Waals surface area contributed by atoms with Gasteiger partial charge in [0.05, 0.1) is 6.61 Å². The van der Waals surface area contributed by atoms with Crippen LogP contribution < -0.4 is 10.4 Å². The average Bonchev–Trinajstić information content (AvgIpc) is 2.29. The number of fused-ring (bicyclic) bond motifs is 1. The molecule has 1 aromatic carbocycles. The van der Waals surface area contributed by atoms with Crippen LogP contribution in [0.25, 0.3) is 11.0 Å². The molecular weight excluding hydrogens is 208 g/mol. The maximum atomic E-state index is 11.0. The predicted molar refractivity (Wildman–Crippen MR) is 59.7 cm³/mol. The van der Waals surface area contributed by atoms with E-state index in [4.69, 9.17) is 14.3 Å². The number of hydrogen-bond donors (Lipinski definition) is 1. The van der Waals surface area contributed by atoms with E-state index in [9.17, 15) is 4.79 Å². The van der Waals surface area contributed by atoms with E-state index in [-0.39, 0.29) is 12.2 Å². The minimum atomic E-state index is -0.375. The first-order chi connectivity index (χ1) is 7.79. The quantitative estimate of drug-likeness (QED) is 0.627. The molecule has 4 heteroatoms. The zero-order valence-electron chi connectivity index (χ0n) is 8.68. The summed E-state index contributed by atoms with van der Waals surface area (Å²) in [7, 11) is 0. The molecule has 0 saturated carbocycles. The van der Waals surface area contributed by atoms with Crippen LogP contribution in [0.3, 0.4) is 0 Å². The molecule has 0 radical (unpaired) electrons. The van der Waals surface area contributed by atoms with Crippen LogP contribution >= 0.6 is 0 Å². The van der Waals surface area contributed by atoms with E-state index in [0.717, 1.165) is 5.39 Å². The van der Waals surface area contributed by atoms with Gasteiger partial charge in [0, 0.05) is 30.5 Å². The molecule has 1 heterocycles. The molecule has 0 saturated heterocycles. The molecule has 0 aliphatic carbocycles. The molecule has 4 nitrogen and oxygen atoms in total. The first kappa shape index (κ1) is 10.7. The van der Waals surface area contributed by atoms with Gasteiger partial charge in [-0.15, -0.1) is 0 Å². The molecule has 0 aliphatic rings. The second-order valence-corrected chi connectivity index (χ2v) is 3.38. The molecule has 1 aromatic heterocycles. The van der Waals surface area contributed by atoms with Crippen molar-refractivity contribution in [1.82, 2.24) is 0 Å². The molecule has 0 aliphatic heterocycles. The fourth-order valence-corrected chi connectivity index (χ4v) is 1.39. The molecule has 1 N–H and O–H groups in total. The molecule has 0 bridgehead atoms. The van der Waals surface area contributed by atoms with Gasteiger partial charge in [0.25, 0.3) is 0 Å². The summed E-state index contributed by atoms with van der Waals surface area (Å²) in [5.74, 6) is 0.635. The molecule has 0 fully saturated rings. The largest absolute Gasteiger partial charge is 0.493 e. The van der Waals surface area contributed by atoms with Crippen molar-refractivity contribution in [3.8, 4) is 5.75 Å². The monoisotopic (exact) mass is 220 g/mol. The maximum absolute atomic E-state index is 11.0. The van der Waals surface area contributed by atoms with E-state index in [0.29, 0.717) is 24.4 Å². The van der Waals surface area contributed by atoms with Crippen molar-refractivity contribution in [2.75, 3.05) is 13.2 Å². The summed E-state index contributed by atoms with van der Waals surface area (Å²) in [6.45, 7) is 0.543. The Balaban J connectivity index is 2.25. The van der Waals surface area contributed by atoms with Crippen LogP contribution in [0, 0.1) is 0 Å². The molecule has 0 unspecified atom stereocenters. The Labute approximate surface area is 92.1 Å². The smallest absolute Gasteiger partial charge is 0.336 e. The Bertz CT molecular complexity index is 530. The maximum Gasteiger partial charge on any atom is 0.336 e. The second-order valence-electron chi connectivity index (χ2n) is 3.38. The van der Waals surface area contributed by atoms with Gasteiger partial charge in [0.15, 0.2) is 0 Å². The number of aliphatic hydroxyl groups excluding tert-OH is 1. The number of benzene rings is 1. The lowest BCUT2D eigenvalue weighted by Gasteiger charge is -2.05. The Morgan fingerprint density at radius 1 is 1.25 bits per heavy atom. The van der Waals surface area contributed by atoms with Crippen molar-refractivity contribution in [2.24, 2.45) is 0 Å². The first-order valence-electron chi connectivity index (χ1n) is 5.07. The van der Waals surface area contributed by atoms with E-state index in [1.807, 2.05) is 6.07 Å². The van der Waals surface area contributed by atoms with E-state index >= 15 is 0 Å². The zero-order valence-corrected chi connectivity index (χ0v) is 8.68. The normalized spacial score (nSPS) is 10.6. The van der Waals surface area contributed by atoms with Gasteiger partial charge in [0.2, 0.25) is 0 Å². The Hall–Kier alpha value is -1.81. The molecule has 0 spiro atoms. The van der Waals surface area contributed by atoms with Crippen molar-refractivity contribution >= 4 is 11.0 Å². The van der Waals surface area contributed by atoms with Crippen molar-refractivity contribution in [3.05, 3.63) is 40.8 Å². The van der Waals surface area contributed by atoms with Crippen molar-refractivity contribution in [1.29, 1.82) is 0 Å². The lowest BCUT2D eigenvalue weighted by molar-refractivity contribution is 0.233. The fourth-order valence-electron chi connectivity index (χ4n) is 1.39. The van der Waals surface area contributed by atoms with Crippen molar-refractivity contribution in [2.45, 2.75) is 6.42 Å². The highest BCUT2D eigenvalue weighted by atomic mass is 16.5. The molecular formula is C12H12O4. The standard InChI is InChI=1S/C12H12O4/c13-6-1-7-15-10-4-2-9-3-5-12(14)16-11(9)8-10/h2-5,8,13H,1,6-7H2. The Morgan fingerprint density at radius 3 is 2.88 bits per heavy atom. The molecule has 2 aromatic rings. The summed E-state index contributed by atoms with van der Waals surface area (Å²) in [5, 5.41) is 9.47. The average molecular weight is 220 g/mol. The predicted octanol–water partition coefficient (Wildman–Crippen LogP) is 1.55. The van der Waals surface area contributed by atoms with Gasteiger partial charge in [0.1, 0.15) is 11.3 Å². The van der Waals surface area contributed by atoms with E-state index in [1.54, 1.807) is 18.2 Å². The van der Waals surface area contributed by atoms with Gasteiger partial charge in [-0.05, 0) is 18.2 Å². The van der Waals surface area contributed by atoms with Crippen LogP contribution in [0.5, 0.6) is 5.75 Å². The Morgan fingerprint density at radius 2 is 2.06 bits per heavy atom. The molecule has 2 rings (SSSR count). The van der Waals surface area contributed by atoms with Crippen LogP contribution in [0.1, 0.15) is 6.42 Å². The fraction of sp³-hybridized carbons (Fsp3) is 0.250. The van der Waals surface area contributed by atoms with E-state index in [2.05, 4.69) is 0 Å². The van der Waals surface area contributed by atoms with Gasteiger partial charge in [-0.2, -0.15) is 0 Å². The molecule has 0 amide bonds. The summed E-state index contributed by atoms with van der Waals surface area (Å²) >= 11 is 0. The van der Waals surface area contributed by atoms with E-state index in [1.165, 1.54) is 6.07 Å².